The molecule has 0 aliphatic carbocycles. The molecule has 0 aromatic carbocycles. The lowest BCUT2D eigenvalue weighted by Gasteiger charge is -2.31. The maximum absolute atomic E-state index is 4.13. The van der Waals surface area contributed by atoms with Crippen molar-refractivity contribution in [3.63, 3.8) is 0 Å². The topological polar surface area (TPSA) is 37.8 Å². The highest BCUT2D eigenvalue weighted by Gasteiger charge is 2.24. The molecule has 1 N–H and O–H groups in total. The second-order valence-electron chi connectivity index (χ2n) is 6.18. The van der Waals surface area contributed by atoms with Crippen LogP contribution in [0.15, 0.2) is 18.7 Å². The first-order valence-corrected chi connectivity index (χ1v) is 6.93. The van der Waals surface area contributed by atoms with Gasteiger partial charge in [0.05, 0.1) is 0 Å². The lowest BCUT2D eigenvalue weighted by molar-refractivity contribution is 0.223. The van der Waals surface area contributed by atoms with Gasteiger partial charge in [0.1, 0.15) is 6.33 Å². The van der Waals surface area contributed by atoms with Crippen LogP contribution in [0.4, 0.5) is 0 Å². The molecule has 3 nitrogen and oxygen atoms in total. The summed E-state index contributed by atoms with van der Waals surface area (Å²) in [6.45, 7) is 12.5. The minimum atomic E-state index is 0.335. The largest absolute Gasteiger partial charge is 0.310 e. The first-order valence-electron chi connectivity index (χ1n) is 6.93. The number of nitrogens with zero attached hydrogens (tertiary/aromatic N) is 2. The van der Waals surface area contributed by atoms with Crippen molar-refractivity contribution in [3.8, 4) is 0 Å². The Morgan fingerprint density at radius 3 is 2.33 bits per heavy atom. The Labute approximate surface area is 111 Å². The van der Waals surface area contributed by atoms with Crippen LogP contribution in [0.25, 0.3) is 0 Å². The molecular formula is C15H27N3. The molecule has 0 fully saturated rings. The average Bonchev–Trinajstić information content (AvgIpc) is 2.34. The van der Waals surface area contributed by atoms with Crippen LogP contribution in [0, 0.1) is 11.3 Å². The molecule has 3 heteroatoms. The summed E-state index contributed by atoms with van der Waals surface area (Å²) in [4.78, 5) is 8.26. The lowest BCUT2D eigenvalue weighted by atomic mass is 9.78. The fourth-order valence-electron chi connectivity index (χ4n) is 1.85. The molecule has 0 aliphatic heterocycles. The van der Waals surface area contributed by atoms with Gasteiger partial charge in [-0.25, -0.2) is 9.97 Å². The van der Waals surface area contributed by atoms with Crippen molar-refractivity contribution in [2.75, 3.05) is 6.54 Å². The minimum absolute atomic E-state index is 0.335. The van der Waals surface area contributed by atoms with E-state index in [9.17, 15) is 0 Å². The Morgan fingerprint density at radius 1 is 1.22 bits per heavy atom. The second kappa shape index (κ2) is 6.83. The zero-order valence-corrected chi connectivity index (χ0v) is 12.4. The van der Waals surface area contributed by atoms with Crippen LogP contribution in [0.5, 0.6) is 0 Å². The monoisotopic (exact) mass is 249 g/mol. The van der Waals surface area contributed by atoms with Crippen LogP contribution in [0.2, 0.25) is 0 Å². The Bertz CT molecular complexity index is 329. The van der Waals surface area contributed by atoms with Crippen molar-refractivity contribution >= 4 is 0 Å². The molecule has 1 aromatic heterocycles. The van der Waals surface area contributed by atoms with E-state index < -0.39 is 0 Å². The van der Waals surface area contributed by atoms with Crippen LogP contribution in [0.1, 0.15) is 59.1 Å². The summed E-state index contributed by atoms with van der Waals surface area (Å²) in [5.74, 6) is 0.645. The molecule has 18 heavy (non-hydrogen) atoms. The molecule has 2 atom stereocenters. The molecule has 0 amide bonds. The third kappa shape index (κ3) is 4.73. The predicted molar refractivity (Wildman–Crippen MR) is 76.3 cm³/mol. The molecule has 0 bridgehead atoms. The van der Waals surface area contributed by atoms with Gasteiger partial charge in [-0.15, -0.1) is 0 Å². The number of aromatic nitrogens is 2. The molecule has 0 saturated carbocycles. The summed E-state index contributed by atoms with van der Waals surface area (Å²) < 4.78 is 0. The van der Waals surface area contributed by atoms with Gasteiger partial charge in [0.2, 0.25) is 0 Å². The molecule has 1 heterocycles. The highest BCUT2D eigenvalue weighted by atomic mass is 14.9. The minimum Gasteiger partial charge on any atom is -0.310 e. The van der Waals surface area contributed by atoms with E-state index in [0.29, 0.717) is 17.4 Å². The highest BCUT2D eigenvalue weighted by molar-refractivity contribution is 5.09. The van der Waals surface area contributed by atoms with Gasteiger partial charge in [0, 0.05) is 24.0 Å². The van der Waals surface area contributed by atoms with Crippen LogP contribution in [-0.4, -0.2) is 16.5 Å². The van der Waals surface area contributed by atoms with Crippen molar-refractivity contribution in [1.29, 1.82) is 0 Å². The Hall–Kier alpha value is -0.960. The first-order chi connectivity index (χ1) is 8.45. The van der Waals surface area contributed by atoms with E-state index in [1.807, 2.05) is 12.4 Å². The lowest BCUT2D eigenvalue weighted by Crippen LogP contribution is -2.28. The van der Waals surface area contributed by atoms with Gasteiger partial charge in [0.25, 0.3) is 0 Å². The van der Waals surface area contributed by atoms with Crippen LogP contribution < -0.4 is 5.32 Å². The molecule has 0 radical (unpaired) electrons. The molecule has 0 aliphatic rings. The number of hydrogen-bond donors (Lipinski definition) is 1. The van der Waals surface area contributed by atoms with Crippen LogP contribution in [-0.2, 0) is 0 Å². The van der Waals surface area contributed by atoms with E-state index >= 15 is 0 Å². The van der Waals surface area contributed by atoms with Gasteiger partial charge in [-0.1, -0.05) is 34.6 Å². The van der Waals surface area contributed by atoms with Gasteiger partial charge in [-0.3, -0.25) is 0 Å². The van der Waals surface area contributed by atoms with E-state index in [4.69, 9.17) is 0 Å². The Kier molecular flexibility index (Phi) is 5.73. The molecule has 0 spiro atoms. The number of nitrogens with one attached hydrogen (secondary N) is 1. The standard InChI is InChI=1S/C15H27N3/c1-6-7-18-14(8-12(2)15(3,4)5)13-9-16-11-17-10-13/h9-12,14,18H,6-8H2,1-5H3. The van der Waals surface area contributed by atoms with E-state index in [0.717, 1.165) is 19.4 Å². The molecular weight excluding hydrogens is 222 g/mol. The molecule has 1 aromatic rings. The Morgan fingerprint density at radius 2 is 1.83 bits per heavy atom. The fourth-order valence-corrected chi connectivity index (χ4v) is 1.85. The average molecular weight is 249 g/mol. The normalized spacial score (nSPS) is 15.4. The van der Waals surface area contributed by atoms with Crippen molar-refractivity contribution in [3.05, 3.63) is 24.3 Å². The molecule has 0 saturated heterocycles. The number of hydrogen-bond acceptors (Lipinski definition) is 3. The van der Waals surface area contributed by atoms with Crippen molar-refractivity contribution in [2.45, 2.75) is 53.5 Å². The number of rotatable bonds is 6. The van der Waals surface area contributed by atoms with Gasteiger partial charge >= 0.3 is 0 Å². The maximum Gasteiger partial charge on any atom is 0.115 e. The quantitative estimate of drug-likeness (QED) is 0.837. The van der Waals surface area contributed by atoms with E-state index in [-0.39, 0.29) is 0 Å². The van der Waals surface area contributed by atoms with Crippen molar-refractivity contribution in [2.24, 2.45) is 11.3 Å². The third-order valence-corrected chi connectivity index (χ3v) is 3.69. The molecule has 1 rings (SSSR count). The SMILES string of the molecule is CCCNC(CC(C)C(C)(C)C)c1cncnc1. The zero-order chi connectivity index (χ0) is 13.6. The van der Waals surface area contributed by atoms with Gasteiger partial charge < -0.3 is 5.32 Å². The summed E-state index contributed by atoms with van der Waals surface area (Å²) in [5.41, 5.74) is 1.53. The first kappa shape index (κ1) is 15.1. The predicted octanol–water partition coefficient (Wildman–Crippen LogP) is 3.59. The summed E-state index contributed by atoms with van der Waals surface area (Å²) in [6, 6.07) is 0.361. The zero-order valence-electron chi connectivity index (χ0n) is 12.4. The van der Waals surface area contributed by atoms with Crippen LogP contribution >= 0.6 is 0 Å². The van der Waals surface area contributed by atoms with Crippen molar-refractivity contribution in [1.82, 2.24) is 15.3 Å². The maximum atomic E-state index is 4.13. The van der Waals surface area contributed by atoms with E-state index in [1.54, 1.807) is 6.33 Å². The van der Waals surface area contributed by atoms with Gasteiger partial charge in [-0.05, 0) is 30.7 Å². The van der Waals surface area contributed by atoms with E-state index in [1.165, 1.54) is 5.56 Å². The third-order valence-electron chi connectivity index (χ3n) is 3.69. The van der Waals surface area contributed by atoms with Gasteiger partial charge in [0.15, 0.2) is 0 Å². The molecule has 102 valence electrons. The Balaban J connectivity index is 2.73. The summed E-state index contributed by atoms with van der Waals surface area (Å²) in [7, 11) is 0. The fraction of sp³-hybridized carbons (Fsp3) is 0.733. The second-order valence-corrected chi connectivity index (χ2v) is 6.18. The molecule has 2 unspecified atom stereocenters. The summed E-state index contributed by atoms with van der Waals surface area (Å²) >= 11 is 0. The van der Waals surface area contributed by atoms with Gasteiger partial charge in [-0.2, -0.15) is 0 Å². The smallest absolute Gasteiger partial charge is 0.115 e. The highest BCUT2D eigenvalue weighted by Crippen LogP contribution is 2.32. The van der Waals surface area contributed by atoms with Crippen molar-refractivity contribution < 1.29 is 0 Å². The summed E-state index contributed by atoms with van der Waals surface area (Å²) in [5, 5.41) is 3.61. The summed E-state index contributed by atoms with van der Waals surface area (Å²) in [6.07, 6.45) is 7.71. The van der Waals surface area contributed by atoms with Crippen LogP contribution in [0.3, 0.4) is 0 Å². The van der Waals surface area contributed by atoms with E-state index in [2.05, 4.69) is 49.9 Å².